The second-order valence-electron chi connectivity index (χ2n) is 6.57. The minimum absolute atomic E-state index is 0.283. The number of oxime groups is 1. The number of morpholine rings is 1. The predicted octanol–water partition coefficient (Wildman–Crippen LogP) is 0.602. The average Bonchev–Trinajstić information content (AvgIpc) is 2.90. The van der Waals surface area contributed by atoms with Gasteiger partial charge < -0.3 is 21.0 Å². The number of ether oxygens (including phenoxy) is 1. The number of nitrogens with zero attached hydrogens (tertiary/aromatic N) is 2. The Bertz CT molecular complexity index is 346. The molecule has 116 valence electrons. The number of nitrogens with one attached hydrogen (secondary N) is 1. The van der Waals surface area contributed by atoms with Crippen molar-refractivity contribution in [1.82, 2.24) is 10.2 Å². The Morgan fingerprint density at radius 1 is 1.55 bits per heavy atom. The van der Waals surface area contributed by atoms with Gasteiger partial charge in [0.1, 0.15) is 5.84 Å². The Balaban J connectivity index is 1.64. The Labute approximate surface area is 121 Å². The van der Waals surface area contributed by atoms with E-state index >= 15 is 0 Å². The van der Waals surface area contributed by atoms with Crippen LogP contribution in [0.5, 0.6) is 0 Å². The first kappa shape index (κ1) is 15.5. The van der Waals surface area contributed by atoms with Crippen LogP contribution in [0.1, 0.15) is 33.1 Å². The van der Waals surface area contributed by atoms with Crippen LogP contribution in [-0.4, -0.2) is 60.9 Å². The summed E-state index contributed by atoms with van der Waals surface area (Å²) in [6.07, 6.45) is 3.72. The van der Waals surface area contributed by atoms with Crippen LogP contribution in [0.15, 0.2) is 5.16 Å². The second-order valence-corrected chi connectivity index (χ2v) is 6.57. The maximum Gasteiger partial charge on any atom is 0.144 e. The third-order valence-electron chi connectivity index (χ3n) is 4.56. The van der Waals surface area contributed by atoms with Crippen molar-refractivity contribution in [3.8, 4) is 0 Å². The highest BCUT2D eigenvalue weighted by molar-refractivity contribution is 5.85. The van der Waals surface area contributed by atoms with Gasteiger partial charge in [-0.05, 0) is 32.4 Å². The van der Waals surface area contributed by atoms with Gasteiger partial charge in [0, 0.05) is 24.5 Å². The summed E-state index contributed by atoms with van der Waals surface area (Å²) >= 11 is 0. The normalized spacial score (nSPS) is 28.6. The minimum atomic E-state index is -0.283. The zero-order valence-electron chi connectivity index (χ0n) is 12.6. The summed E-state index contributed by atoms with van der Waals surface area (Å²) < 4.78 is 5.90. The van der Waals surface area contributed by atoms with Gasteiger partial charge in [0.15, 0.2) is 0 Å². The molecule has 2 saturated heterocycles. The molecule has 2 aliphatic rings. The van der Waals surface area contributed by atoms with Crippen molar-refractivity contribution < 1.29 is 9.94 Å². The highest BCUT2D eigenvalue weighted by Crippen LogP contribution is 2.22. The van der Waals surface area contributed by atoms with Crippen LogP contribution in [0.2, 0.25) is 0 Å². The van der Waals surface area contributed by atoms with Crippen molar-refractivity contribution in [2.75, 3.05) is 32.8 Å². The first-order valence-electron chi connectivity index (χ1n) is 7.57. The van der Waals surface area contributed by atoms with Crippen LogP contribution in [0.4, 0.5) is 0 Å². The molecule has 2 rings (SSSR count). The van der Waals surface area contributed by atoms with E-state index in [1.165, 1.54) is 19.4 Å². The van der Waals surface area contributed by atoms with Crippen molar-refractivity contribution in [3.63, 3.8) is 0 Å². The first-order chi connectivity index (χ1) is 9.53. The van der Waals surface area contributed by atoms with Gasteiger partial charge in [-0.25, -0.2) is 0 Å². The fourth-order valence-electron chi connectivity index (χ4n) is 2.94. The molecule has 0 aromatic rings. The fourth-order valence-corrected chi connectivity index (χ4v) is 2.94. The third kappa shape index (κ3) is 3.84. The summed E-state index contributed by atoms with van der Waals surface area (Å²) in [5.74, 6) is 0.285. The van der Waals surface area contributed by atoms with E-state index in [1.807, 2.05) is 13.8 Å². The molecule has 0 aromatic heterocycles. The van der Waals surface area contributed by atoms with Crippen molar-refractivity contribution in [1.29, 1.82) is 0 Å². The SMILES string of the molecule is CC(C)(CCNCC1CN2CCCC2CO1)C(N)=NO. The highest BCUT2D eigenvalue weighted by Gasteiger charge is 2.32. The molecule has 4 N–H and O–H groups in total. The van der Waals surface area contributed by atoms with E-state index in [9.17, 15) is 0 Å². The second kappa shape index (κ2) is 6.74. The van der Waals surface area contributed by atoms with Crippen molar-refractivity contribution in [3.05, 3.63) is 0 Å². The molecule has 0 saturated carbocycles. The number of amidine groups is 1. The summed E-state index contributed by atoms with van der Waals surface area (Å²) in [6, 6.07) is 0.658. The molecule has 2 fully saturated rings. The molecule has 2 atom stereocenters. The Hall–Kier alpha value is -0.850. The van der Waals surface area contributed by atoms with Crippen molar-refractivity contribution >= 4 is 5.84 Å². The van der Waals surface area contributed by atoms with Crippen LogP contribution in [0.25, 0.3) is 0 Å². The third-order valence-corrected chi connectivity index (χ3v) is 4.56. The molecular formula is C14H28N4O2. The van der Waals surface area contributed by atoms with Crippen LogP contribution >= 0.6 is 0 Å². The lowest BCUT2D eigenvalue weighted by Crippen LogP contribution is -2.49. The molecule has 20 heavy (non-hydrogen) atoms. The van der Waals surface area contributed by atoms with E-state index in [4.69, 9.17) is 15.7 Å². The highest BCUT2D eigenvalue weighted by atomic mass is 16.5. The number of nitrogens with two attached hydrogens (primary N) is 1. The van der Waals surface area contributed by atoms with E-state index in [0.29, 0.717) is 6.04 Å². The molecule has 0 aromatic carbocycles. The quantitative estimate of drug-likeness (QED) is 0.219. The number of rotatable bonds is 6. The van der Waals surface area contributed by atoms with Crippen molar-refractivity contribution in [2.24, 2.45) is 16.3 Å². The number of hydrogen-bond donors (Lipinski definition) is 3. The molecule has 2 unspecified atom stereocenters. The van der Waals surface area contributed by atoms with Gasteiger partial charge in [-0.1, -0.05) is 19.0 Å². The van der Waals surface area contributed by atoms with E-state index in [1.54, 1.807) is 0 Å². The van der Waals surface area contributed by atoms with Gasteiger partial charge in [-0.15, -0.1) is 0 Å². The van der Waals surface area contributed by atoms with E-state index < -0.39 is 0 Å². The van der Waals surface area contributed by atoms with Crippen LogP contribution in [0.3, 0.4) is 0 Å². The molecule has 0 aliphatic carbocycles. The van der Waals surface area contributed by atoms with Gasteiger partial charge in [-0.2, -0.15) is 0 Å². The first-order valence-corrected chi connectivity index (χ1v) is 7.57. The molecule has 2 aliphatic heterocycles. The molecule has 2 heterocycles. The topological polar surface area (TPSA) is 83.1 Å². The minimum Gasteiger partial charge on any atom is -0.409 e. The van der Waals surface area contributed by atoms with Crippen molar-refractivity contribution in [2.45, 2.75) is 45.3 Å². The van der Waals surface area contributed by atoms with Crippen LogP contribution in [-0.2, 0) is 4.74 Å². The zero-order valence-corrected chi connectivity index (χ0v) is 12.6. The predicted molar refractivity (Wildman–Crippen MR) is 79.0 cm³/mol. The molecule has 6 heteroatoms. The van der Waals surface area contributed by atoms with E-state index in [0.717, 1.165) is 32.7 Å². The monoisotopic (exact) mass is 284 g/mol. The molecule has 0 amide bonds. The van der Waals surface area contributed by atoms with Gasteiger partial charge in [0.05, 0.1) is 12.7 Å². The maximum absolute atomic E-state index is 8.73. The molecule has 6 nitrogen and oxygen atoms in total. The lowest BCUT2D eigenvalue weighted by atomic mass is 9.88. The van der Waals surface area contributed by atoms with Crippen LogP contribution < -0.4 is 11.1 Å². The summed E-state index contributed by atoms with van der Waals surface area (Å²) in [6.45, 7) is 8.82. The average molecular weight is 284 g/mol. The molecule has 0 spiro atoms. The van der Waals surface area contributed by atoms with E-state index in [2.05, 4.69) is 15.4 Å². The van der Waals surface area contributed by atoms with Gasteiger partial charge >= 0.3 is 0 Å². The summed E-state index contributed by atoms with van der Waals surface area (Å²) in [4.78, 5) is 2.55. The van der Waals surface area contributed by atoms with Crippen LogP contribution in [0, 0.1) is 5.41 Å². The largest absolute Gasteiger partial charge is 0.409 e. The van der Waals surface area contributed by atoms with Gasteiger partial charge in [-0.3, -0.25) is 4.90 Å². The maximum atomic E-state index is 8.73. The summed E-state index contributed by atoms with van der Waals surface area (Å²) in [7, 11) is 0. The lowest BCUT2D eigenvalue weighted by Gasteiger charge is -2.35. The summed E-state index contributed by atoms with van der Waals surface area (Å²) in [5.41, 5.74) is 5.39. The Morgan fingerprint density at radius 3 is 3.10 bits per heavy atom. The Morgan fingerprint density at radius 2 is 2.35 bits per heavy atom. The van der Waals surface area contributed by atoms with Gasteiger partial charge in [0.2, 0.25) is 0 Å². The number of hydrogen-bond acceptors (Lipinski definition) is 5. The zero-order chi connectivity index (χ0) is 14.6. The molecule has 0 radical (unpaired) electrons. The van der Waals surface area contributed by atoms with E-state index in [-0.39, 0.29) is 17.4 Å². The smallest absolute Gasteiger partial charge is 0.144 e. The summed E-state index contributed by atoms with van der Waals surface area (Å²) in [5, 5.41) is 15.3. The van der Waals surface area contributed by atoms with Gasteiger partial charge in [0.25, 0.3) is 0 Å². The molecular weight excluding hydrogens is 256 g/mol. The fraction of sp³-hybridized carbons (Fsp3) is 0.929. The number of fused-ring (bicyclic) bond motifs is 1. The Kier molecular flexibility index (Phi) is 5.23. The lowest BCUT2D eigenvalue weighted by molar-refractivity contribution is -0.0469. The standard InChI is InChI=1S/C14H28N4O2/c1-14(2,13(15)17-19)5-6-16-8-12-9-18-7-3-4-11(18)10-20-12/h11-12,16,19H,3-10H2,1-2H3,(H2,15,17). The molecule has 0 bridgehead atoms.